The fourth-order valence-corrected chi connectivity index (χ4v) is 4.66. The Kier molecular flexibility index (Phi) is 6.52. The zero-order valence-electron chi connectivity index (χ0n) is 18.5. The van der Waals surface area contributed by atoms with Crippen molar-refractivity contribution in [2.75, 3.05) is 10.0 Å². The van der Waals surface area contributed by atoms with Crippen LogP contribution in [-0.2, 0) is 21.4 Å². The van der Waals surface area contributed by atoms with Gasteiger partial charge in [0.25, 0.3) is 15.6 Å². The van der Waals surface area contributed by atoms with Crippen LogP contribution in [-0.4, -0.2) is 23.9 Å². The van der Waals surface area contributed by atoms with Gasteiger partial charge in [0.05, 0.1) is 15.8 Å². The number of carbonyl (C=O) groups is 1. The zero-order chi connectivity index (χ0) is 25.2. The second-order valence-corrected chi connectivity index (χ2v) is 9.50. The molecule has 0 bridgehead atoms. The standard InChI is InChI=1S/C24H21FN4O5S/c1-15-14-18(10-11-20(15)25)35(33,34)28-17-8-6-16(7-9-17)26-22(30)12-13-29-21-5-3-2-4-19(21)23(31)27-24(29)32/h2-11,14,28H,12-13H2,1H3,(H,26,30)(H,27,31,32). The quantitative estimate of drug-likeness (QED) is 0.362. The number of fused-ring (bicyclic) bond motifs is 1. The van der Waals surface area contributed by atoms with Crippen LogP contribution >= 0.6 is 0 Å². The molecule has 4 rings (SSSR count). The first-order valence-corrected chi connectivity index (χ1v) is 12.0. The number of hydrogen-bond acceptors (Lipinski definition) is 5. The number of aromatic nitrogens is 2. The van der Waals surface area contributed by atoms with Crippen molar-refractivity contribution in [1.82, 2.24) is 9.55 Å². The van der Waals surface area contributed by atoms with Gasteiger partial charge in [0.2, 0.25) is 5.91 Å². The molecular formula is C24H21FN4O5S. The average molecular weight is 497 g/mol. The highest BCUT2D eigenvalue weighted by molar-refractivity contribution is 7.92. The number of nitrogens with zero attached hydrogens (tertiary/aromatic N) is 1. The molecule has 180 valence electrons. The minimum absolute atomic E-state index is 0.0335. The minimum Gasteiger partial charge on any atom is -0.326 e. The number of anilines is 2. The predicted octanol–water partition coefficient (Wildman–Crippen LogP) is 2.97. The van der Waals surface area contributed by atoms with Gasteiger partial charge in [-0.15, -0.1) is 0 Å². The van der Waals surface area contributed by atoms with Crippen LogP contribution in [0.1, 0.15) is 12.0 Å². The fourth-order valence-electron chi connectivity index (χ4n) is 3.52. The molecule has 11 heteroatoms. The number of benzene rings is 3. The van der Waals surface area contributed by atoms with Crippen molar-refractivity contribution in [1.29, 1.82) is 0 Å². The number of rotatable bonds is 7. The second-order valence-electron chi connectivity index (χ2n) is 7.82. The Labute approximate surface area is 199 Å². The van der Waals surface area contributed by atoms with E-state index in [1.807, 2.05) is 0 Å². The van der Waals surface area contributed by atoms with E-state index in [1.165, 1.54) is 47.9 Å². The molecule has 0 aliphatic rings. The van der Waals surface area contributed by atoms with Crippen LogP contribution in [0.3, 0.4) is 0 Å². The summed E-state index contributed by atoms with van der Waals surface area (Å²) in [5, 5.41) is 3.03. The molecule has 35 heavy (non-hydrogen) atoms. The Hall–Kier alpha value is -4.25. The summed E-state index contributed by atoms with van der Waals surface area (Å²) in [7, 11) is -3.91. The molecule has 0 spiro atoms. The van der Waals surface area contributed by atoms with Gasteiger partial charge in [-0.25, -0.2) is 17.6 Å². The number of carbonyl (C=O) groups excluding carboxylic acids is 1. The van der Waals surface area contributed by atoms with E-state index < -0.39 is 27.1 Å². The van der Waals surface area contributed by atoms with E-state index >= 15 is 0 Å². The van der Waals surface area contributed by atoms with Crippen molar-refractivity contribution >= 4 is 38.2 Å². The van der Waals surface area contributed by atoms with E-state index in [1.54, 1.807) is 24.3 Å². The third-order valence-corrected chi connectivity index (χ3v) is 6.71. The Morgan fingerprint density at radius 1 is 1.00 bits per heavy atom. The summed E-state index contributed by atoms with van der Waals surface area (Å²) in [5.74, 6) is -0.870. The highest BCUT2D eigenvalue weighted by Crippen LogP contribution is 2.20. The lowest BCUT2D eigenvalue weighted by Gasteiger charge is -2.11. The number of aryl methyl sites for hydroxylation is 2. The van der Waals surface area contributed by atoms with Gasteiger partial charge in [0, 0.05) is 24.3 Å². The molecule has 3 aromatic carbocycles. The maximum Gasteiger partial charge on any atom is 0.328 e. The Balaban J connectivity index is 1.41. The van der Waals surface area contributed by atoms with E-state index in [9.17, 15) is 27.2 Å². The van der Waals surface area contributed by atoms with Crippen molar-refractivity contribution in [3.8, 4) is 0 Å². The third-order valence-electron chi connectivity index (χ3n) is 5.33. The number of para-hydroxylation sites is 1. The van der Waals surface area contributed by atoms with Crippen LogP contribution in [0.4, 0.5) is 15.8 Å². The number of amides is 1. The minimum atomic E-state index is -3.91. The van der Waals surface area contributed by atoms with Crippen molar-refractivity contribution in [3.63, 3.8) is 0 Å². The van der Waals surface area contributed by atoms with E-state index in [0.717, 1.165) is 6.07 Å². The number of sulfonamides is 1. The van der Waals surface area contributed by atoms with Gasteiger partial charge >= 0.3 is 5.69 Å². The van der Waals surface area contributed by atoms with Crippen molar-refractivity contribution in [3.05, 3.63) is 98.9 Å². The van der Waals surface area contributed by atoms with Crippen molar-refractivity contribution < 1.29 is 17.6 Å². The first-order chi connectivity index (χ1) is 16.6. The Bertz CT molecular complexity index is 1640. The van der Waals surface area contributed by atoms with Crippen LogP contribution in [0.5, 0.6) is 0 Å². The lowest BCUT2D eigenvalue weighted by molar-refractivity contribution is -0.116. The molecule has 0 unspecified atom stereocenters. The van der Waals surface area contributed by atoms with Gasteiger partial charge in [-0.3, -0.25) is 23.9 Å². The molecule has 0 saturated carbocycles. The molecule has 0 aliphatic heterocycles. The summed E-state index contributed by atoms with van der Waals surface area (Å²) in [6.07, 6.45) is -0.0335. The molecule has 0 atom stereocenters. The van der Waals surface area contributed by atoms with E-state index in [0.29, 0.717) is 16.6 Å². The number of H-pyrrole nitrogens is 1. The fraction of sp³-hybridized carbons (Fsp3) is 0.125. The van der Waals surface area contributed by atoms with Crippen LogP contribution in [0.2, 0.25) is 0 Å². The molecule has 3 N–H and O–H groups in total. The van der Waals surface area contributed by atoms with E-state index in [-0.39, 0.29) is 35.0 Å². The SMILES string of the molecule is Cc1cc(S(=O)(=O)Nc2ccc(NC(=O)CCn3c(=O)[nH]c(=O)c4ccccc43)cc2)ccc1F. The Morgan fingerprint density at radius 2 is 1.69 bits per heavy atom. The number of nitrogens with one attached hydrogen (secondary N) is 3. The monoisotopic (exact) mass is 496 g/mol. The molecule has 1 amide bonds. The molecule has 1 aromatic heterocycles. The highest BCUT2D eigenvalue weighted by Gasteiger charge is 2.16. The lowest BCUT2D eigenvalue weighted by atomic mass is 10.2. The largest absolute Gasteiger partial charge is 0.328 e. The predicted molar refractivity (Wildman–Crippen MR) is 130 cm³/mol. The third kappa shape index (κ3) is 5.30. The first-order valence-electron chi connectivity index (χ1n) is 10.5. The molecule has 0 radical (unpaired) electrons. The zero-order valence-corrected chi connectivity index (χ0v) is 19.4. The van der Waals surface area contributed by atoms with Gasteiger partial charge < -0.3 is 5.32 Å². The lowest BCUT2D eigenvalue weighted by Crippen LogP contribution is -2.31. The van der Waals surface area contributed by atoms with Crippen molar-refractivity contribution in [2.24, 2.45) is 0 Å². The average Bonchev–Trinajstić information content (AvgIpc) is 2.81. The summed E-state index contributed by atoms with van der Waals surface area (Å²) in [6, 6.07) is 16.1. The van der Waals surface area contributed by atoms with Crippen LogP contribution in [0, 0.1) is 12.7 Å². The first kappa shape index (κ1) is 23.9. The molecular weight excluding hydrogens is 475 g/mol. The maximum absolute atomic E-state index is 13.4. The number of halogens is 1. The summed E-state index contributed by atoms with van der Waals surface area (Å²) in [5.41, 5.74) is 0.238. The van der Waals surface area contributed by atoms with E-state index in [4.69, 9.17) is 0 Å². The number of hydrogen-bond donors (Lipinski definition) is 3. The second kappa shape index (κ2) is 9.55. The van der Waals surface area contributed by atoms with Gasteiger partial charge in [0.15, 0.2) is 0 Å². The van der Waals surface area contributed by atoms with E-state index in [2.05, 4.69) is 15.0 Å². The van der Waals surface area contributed by atoms with Gasteiger partial charge in [-0.05, 0) is 67.1 Å². The summed E-state index contributed by atoms with van der Waals surface area (Å²) < 4.78 is 42.2. The summed E-state index contributed by atoms with van der Waals surface area (Å²) >= 11 is 0. The van der Waals surface area contributed by atoms with Gasteiger partial charge in [-0.1, -0.05) is 12.1 Å². The molecule has 1 heterocycles. The van der Waals surface area contributed by atoms with Crippen LogP contribution < -0.4 is 21.3 Å². The molecule has 0 aliphatic carbocycles. The highest BCUT2D eigenvalue weighted by atomic mass is 32.2. The molecule has 0 saturated heterocycles. The maximum atomic E-state index is 13.4. The summed E-state index contributed by atoms with van der Waals surface area (Å²) in [4.78, 5) is 38.8. The van der Waals surface area contributed by atoms with Crippen LogP contribution in [0.25, 0.3) is 10.9 Å². The topological polar surface area (TPSA) is 130 Å². The molecule has 4 aromatic rings. The van der Waals surface area contributed by atoms with Gasteiger partial charge in [-0.2, -0.15) is 0 Å². The Morgan fingerprint density at radius 3 is 2.40 bits per heavy atom. The van der Waals surface area contributed by atoms with Crippen molar-refractivity contribution in [2.45, 2.75) is 24.8 Å². The summed E-state index contributed by atoms with van der Waals surface area (Å²) in [6.45, 7) is 1.53. The molecule has 9 nitrogen and oxygen atoms in total. The normalized spacial score (nSPS) is 11.4. The smallest absolute Gasteiger partial charge is 0.326 e. The number of aromatic amines is 1. The molecule has 0 fully saturated rings. The van der Waals surface area contributed by atoms with Crippen LogP contribution in [0.15, 0.2) is 81.2 Å². The van der Waals surface area contributed by atoms with Gasteiger partial charge in [0.1, 0.15) is 5.82 Å².